The standard InChI is InChI=1S/C31H35N7O6S/c1-18-17-45-27(32-18)23-10-7-13-37(23)28(41)21-14-22(33-24(15-21)38-19(2)11-12-25(38)39)26(40)35-36-29(42)31(3,34-30(43)44)16-20-8-5-4-6-9-20/h4-6,8-9,14-15,17,19,23,34H,7,10-13,16H2,1-3H3,(H,35,40)(H,36,42)(H,43,44)/t19?,23-,31-/m1/s1. The number of amides is 5. The maximum atomic E-state index is 13.9. The summed E-state index contributed by atoms with van der Waals surface area (Å²) in [6.45, 7) is 5.68. The minimum absolute atomic E-state index is 0.0127. The molecule has 2 saturated heterocycles. The highest BCUT2D eigenvalue weighted by Gasteiger charge is 2.37. The molecule has 0 aliphatic carbocycles. The Labute approximate surface area is 264 Å². The summed E-state index contributed by atoms with van der Waals surface area (Å²) in [6.07, 6.45) is 1.06. The zero-order chi connectivity index (χ0) is 32.3. The van der Waals surface area contributed by atoms with E-state index < -0.39 is 23.4 Å². The van der Waals surface area contributed by atoms with Gasteiger partial charge in [0.25, 0.3) is 17.7 Å². The number of carboxylic acid groups (broad SMARTS) is 1. The molecule has 2 aromatic heterocycles. The molecule has 14 heteroatoms. The third-order valence-corrected chi connectivity index (χ3v) is 9.10. The molecule has 3 atom stereocenters. The molecule has 236 valence electrons. The maximum absolute atomic E-state index is 13.9. The number of aromatic nitrogens is 2. The Balaban J connectivity index is 1.41. The van der Waals surface area contributed by atoms with Crippen LogP contribution in [0.25, 0.3) is 0 Å². The zero-order valence-corrected chi connectivity index (χ0v) is 26.0. The Bertz CT molecular complexity index is 1630. The topological polar surface area (TPSA) is 174 Å². The SMILES string of the molecule is Cc1csc([C@H]2CCCN2C(=O)c2cc(C(=O)NNC(=O)[C@@](C)(Cc3ccccc3)NC(=O)O)nc(N3C(=O)CCC3C)c2)n1. The van der Waals surface area contributed by atoms with Crippen LogP contribution in [-0.2, 0) is 16.0 Å². The van der Waals surface area contributed by atoms with Gasteiger partial charge >= 0.3 is 6.09 Å². The third kappa shape index (κ3) is 6.95. The van der Waals surface area contributed by atoms with Crippen molar-refractivity contribution in [2.45, 2.75) is 70.5 Å². The molecule has 0 radical (unpaired) electrons. The quantitative estimate of drug-likeness (QED) is 0.273. The van der Waals surface area contributed by atoms with Crippen LogP contribution in [0.3, 0.4) is 0 Å². The van der Waals surface area contributed by atoms with Crippen LogP contribution in [0.1, 0.15) is 82.7 Å². The first kappa shape index (κ1) is 31.6. The average Bonchev–Trinajstić information content (AvgIpc) is 3.75. The van der Waals surface area contributed by atoms with Crippen LogP contribution in [0.4, 0.5) is 10.6 Å². The van der Waals surface area contributed by atoms with Crippen LogP contribution >= 0.6 is 11.3 Å². The van der Waals surface area contributed by atoms with Gasteiger partial charge in [-0.25, -0.2) is 14.8 Å². The summed E-state index contributed by atoms with van der Waals surface area (Å²) in [7, 11) is 0. The number of anilines is 1. The number of nitrogens with zero attached hydrogens (tertiary/aromatic N) is 4. The molecule has 0 spiro atoms. The minimum atomic E-state index is -1.63. The van der Waals surface area contributed by atoms with Crippen LogP contribution in [0.2, 0.25) is 0 Å². The Morgan fingerprint density at radius 2 is 1.84 bits per heavy atom. The summed E-state index contributed by atoms with van der Waals surface area (Å²) < 4.78 is 0. The molecule has 1 unspecified atom stereocenters. The van der Waals surface area contributed by atoms with E-state index in [1.165, 1.54) is 35.3 Å². The van der Waals surface area contributed by atoms with Crippen molar-refractivity contribution in [2.24, 2.45) is 0 Å². The lowest BCUT2D eigenvalue weighted by atomic mass is 9.92. The summed E-state index contributed by atoms with van der Waals surface area (Å²) >= 11 is 1.49. The molecule has 45 heavy (non-hydrogen) atoms. The number of benzene rings is 1. The molecule has 5 amide bonds. The number of rotatable bonds is 8. The van der Waals surface area contributed by atoms with Gasteiger partial charge in [0.2, 0.25) is 5.91 Å². The summed E-state index contributed by atoms with van der Waals surface area (Å²) in [5.74, 6) is -1.99. The van der Waals surface area contributed by atoms with Gasteiger partial charge < -0.3 is 15.3 Å². The monoisotopic (exact) mass is 633 g/mol. The van der Waals surface area contributed by atoms with Crippen molar-refractivity contribution in [1.82, 2.24) is 31.0 Å². The predicted molar refractivity (Wildman–Crippen MR) is 166 cm³/mol. The number of thiazole rings is 1. The van der Waals surface area contributed by atoms with E-state index >= 15 is 0 Å². The fraction of sp³-hybridized carbons (Fsp3) is 0.387. The second-order valence-corrected chi connectivity index (χ2v) is 12.5. The summed E-state index contributed by atoms with van der Waals surface area (Å²) in [4.78, 5) is 77.1. The number of pyridine rings is 1. The fourth-order valence-electron chi connectivity index (χ4n) is 5.75. The van der Waals surface area contributed by atoms with Crippen molar-refractivity contribution in [3.05, 3.63) is 75.4 Å². The van der Waals surface area contributed by atoms with Gasteiger partial charge in [-0.15, -0.1) is 11.3 Å². The number of carbonyl (C=O) groups excluding carboxylic acids is 4. The number of hydrogen-bond donors (Lipinski definition) is 4. The molecule has 2 aliphatic heterocycles. The van der Waals surface area contributed by atoms with Crippen LogP contribution < -0.4 is 21.1 Å². The number of hydrogen-bond acceptors (Lipinski definition) is 8. The molecule has 4 heterocycles. The van der Waals surface area contributed by atoms with Crippen molar-refractivity contribution < 1.29 is 29.1 Å². The zero-order valence-electron chi connectivity index (χ0n) is 25.2. The number of nitrogens with one attached hydrogen (secondary N) is 3. The summed E-state index contributed by atoms with van der Waals surface area (Å²) in [5.41, 5.74) is 4.53. The number of carbonyl (C=O) groups is 5. The van der Waals surface area contributed by atoms with E-state index in [4.69, 9.17) is 0 Å². The molecule has 3 aromatic rings. The first-order chi connectivity index (χ1) is 21.4. The van der Waals surface area contributed by atoms with Crippen molar-refractivity contribution in [3.63, 3.8) is 0 Å². The molecule has 2 fully saturated rings. The number of likely N-dealkylation sites (tertiary alicyclic amines) is 1. The summed E-state index contributed by atoms with van der Waals surface area (Å²) in [6, 6.07) is 11.3. The fourth-order valence-corrected chi connectivity index (χ4v) is 6.70. The van der Waals surface area contributed by atoms with Gasteiger partial charge in [-0.05, 0) is 57.7 Å². The smallest absolute Gasteiger partial charge is 0.405 e. The Kier molecular flexibility index (Phi) is 9.14. The van der Waals surface area contributed by atoms with Gasteiger partial charge in [-0.1, -0.05) is 30.3 Å². The van der Waals surface area contributed by atoms with E-state index in [2.05, 4.69) is 26.1 Å². The van der Waals surface area contributed by atoms with Gasteiger partial charge in [-0.3, -0.25) is 34.9 Å². The normalized spacial score (nSPS) is 19.2. The molecule has 5 rings (SSSR count). The molecule has 2 aliphatic rings. The Hall–Kier alpha value is -4.85. The highest BCUT2D eigenvalue weighted by Crippen LogP contribution is 2.35. The van der Waals surface area contributed by atoms with Gasteiger partial charge in [0, 0.05) is 42.1 Å². The maximum Gasteiger partial charge on any atom is 0.405 e. The van der Waals surface area contributed by atoms with Crippen molar-refractivity contribution >= 4 is 46.9 Å². The van der Waals surface area contributed by atoms with Crippen LogP contribution in [0.5, 0.6) is 0 Å². The largest absolute Gasteiger partial charge is 0.465 e. The van der Waals surface area contributed by atoms with E-state index in [0.29, 0.717) is 24.9 Å². The lowest BCUT2D eigenvalue weighted by Gasteiger charge is -2.28. The van der Waals surface area contributed by atoms with Gasteiger partial charge in [0.15, 0.2) is 0 Å². The number of hydrazine groups is 1. The van der Waals surface area contributed by atoms with Crippen molar-refractivity contribution in [2.75, 3.05) is 11.4 Å². The van der Waals surface area contributed by atoms with Gasteiger partial charge in [0.1, 0.15) is 22.1 Å². The van der Waals surface area contributed by atoms with Crippen molar-refractivity contribution in [1.29, 1.82) is 0 Å². The van der Waals surface area contributed by atoms with Gasteiger partial charge in [0.05, 0.1) is 6.04 Å². The first-order valence-corrected chi connectivity index (χ1v) is 15.6. The highest BCUT2D eigenvalue weighted by molar-refractivity contribution is 7.09. The molecule has 13 nitrogen and oxygen atoms in total. The molecule has 0 bridgehead atoms. The molecule has 0 saturated carbocycles. The van der Waals surface area contributed by atoms with Crippen LogP contribution in [-0.4, -0.2) is 67.8 Å². The lowest BCUT2D eigenvalue weighted by Crippen LogP contribution is -2.61. The highest BCUT2D eigenvalue weighted by atomic mass is 32.1. The van der Waals surface area contributed by atoms with E-state index in [9.17, 15) is 29.1 Å². The van der Waals surface area contributed by atoms with E-state index in [-0.39, 0.29) is 47.4 Å². The van der Waals surface area contributed by atoms with E-state index in [1.54, 1.807) is 35.2 Å². The molecular weight excluding hydrogens is 598 g/mol. The van der Waals surface area contributed by atoms with Gasteiger partial charge in [-0.2, -0.15) is 0 Å². The Morgan fingerprint density at radius 1 is 1.09 bits per heavy atom. The number of aryl methyl sites for hydroxylation is 1. The predicted octanol–water partition coefficient (Wildman–Crippen LogP) is 3.37. The molecule has 1 aromatic carbocycles. The van der Waals surface area contributed by atoms with Crippen LogP contribution in [0.15, 0.2) is 47.8 Å². The molecular formula is C31H35N7O6S. The second kappa shape index (κ2) is 13.0. The third-order valence-electron chi connectivity index (χ3n) is 8.03. The van der Waals surface area contributed by atoms with E-state index in [1.807, 2.05) is 19.2 Å². The van der Waals surface area contributed by atoms with Crippen molar-refractivity contribution in [3.8, 4) is 0 Å². The lowest BCUT2D eigenvalue weighted by molar-refractivity contribution is -0.127. The second-order valence-electron chi connectivity index (χ2n) is 11.6. The first-order valence-electron chi connectivity index (χ1n) is 14.7. The summed E-state index contributed by atoms with van der Waals surface area (Å²) in [5, 5.41) is 14.4. The van der Waals surface area contributed by atoms with Crippen LogP contribution in [0, 0.1) is 6.92 Å². The average molecular weight is 634 g/mol. The minimum Gasteiger partial charge on any atom is -0.465 e. The molecule has 4 N–H and O–H groups in total. The van der Waals surface area contributed by atoms with E-state index in [0.717, 1.165) is 23.5 Å². The Morgan fingerprint density at radius 3 is 2.49 bits per heavy atom.